The van der Waals surface area contributed by atoms with Crippen molar-refractivity contribution in [3.05, 3.63) is 41.6 Å². The molecule has 0 fully saturated rings. The third kappa shape index (κ3) is 2.04. The Balaban J connectivity index is 2.48. The minimum absolute atomic E-state index is 0.150. The molecule has 1 aromatic carbocycles. The zero-order valence-corrected chi connectivity index (χ0v) is 10.4. The standard InChI is InChI=1S/C13H14ClN2O/c1-2-6-13-11(10-17)9-15-16(13,14)12-7-4-3-5-8-12/h3-5,7-10H,2,6H2,1H3/q+1. The molecule has 0 saturated carbocycles. The summed E-state index contributed by atoms with van der Waals surface area (Å²) in [5, 5.41) is 4.26. The Morgan fingerprint density at radius 2 is 2.06 bits per heavy atom. The van der Waals surface area contributed by atoms with Crippen LogP contribution in [0.5, 0.6) is 0 Å². The van der Waals surface area contributed by atoms with Crippen molar-refractivity contribution >= 4 is 30.0 Å². The van der Waals surface area contributed by atoms with Crippen molar-refractivity contribution in [3.8, 4) is 0 Å². The topological polar surface area (TPSA) is 29.4 Å². The predicted octanol–water partition coefficient (Wildman–Crippen LogP) is 3.40. The number of carbonyl (C=O) groups excluding carboxylic acids is 1. The third-order valence-electron chi connectivity index (χ3n) is 2.76. The van der Waals surface area contributed by atoms with Gasteiger partial charge in [0.25, 0.3) is 0 Å². The van der Waals surface area contributed by atoms with Gasteiger partial charge in [0.2, 0.25) is 11.8 Å². The van der Waals surface area contributed by atoms with E-state index in [9.17, 15) is 4.79 Å². The van der Waals surface area contributed by atoms with E-state index in [1.807, 2.05) is 30.3 Å². The molecule has 4 heteroatoms. The quantitative estimate of drug-likeness (QED) is 0.594. The van der Waals surface area contributed by atoms with E-state index in [1.165, 1.54) is 0 Å². The molecule has 0 N–H and O–H groups in total. The summed E-state index contributed by atoms with van der Waals surface area (Å²) in [6, 6.07) is 9.57. The summed E-state index contributed by atoms with van der Waals surface area (Å²) in [5.74, 6) is 0. The number of quaternary nitrogens is 1. The average molecular weight is 250 g/mol. The molecule has 1 atom stereocenters. The third-order valence-corrected chi connectivity index (χ3v) is 3.25. The van der Waals surface area contributed by atoms with Gasteiger partial charge in [-0.3, -0.25) is 4.79 Å². The van der Waals surface area contributed by atoms with Gasteiger partial charge in [0.05, 0.1) is 5.57 Å². The summed E-state index contributed by atoms with van der Waals surface area (Å²) in [6.45, 7) is 2.06. The van der Waals surface area contributed by atoms with Crippen molar-refractivity contribution < 1.29 is 4.79 Å². The monoisotopic (exact) mass is 249 g/mol. The molecule has 0 saturated heterocycles. The number of aldehydes is 1. The van der Waals surface area contributed by atoms with Gasteiger partial charge in [-0.25, -0.2) is 0 Å². The second-order valence-corrected chi connectivity index (χ2v) is 4.40. The Bertz CT molecular complexity index is 481. The SMILES string of the molecule is CCCC1=C(C=O)C=N[N+]1(Cl)c1ccccc1. The molecule has 0 spiro atoms. The van der Waals surface area contributed by atoms with Gasteiger partial charge in [0, 0.05) is 18.6 Å². The van der Waals surface area contributed by atoms with Crippen molar-refractivity contribution in [2.24, 2.45) is 5.10 Å². The Morgan fingerprint density at radius 3 is 2.65 bits per heavy atom. The van der Waals surface area contributed by atoms with E-state index < -0.39 is 0 Å². The fourth-order valence-corrected chi connectivity index (χ4v) is 2.27. The van der Waals surface area contributed by atoms with Crippen LogP contribution in [0.4, 0.5) is 5.69 Å². The number of carbonyl (C=O) groups is 1. The number of para-hydroxylation sites is 1. The van der Waals surface area contributed by atoms with Crippen molar-refractivity contribution in [3.63, 3.8) is 0 Å². The van der Waals surface area contributed by atoms with Crippen LogP contribution in [0.15, 0.2) is 46.7 Å². The first-order valence-corrected chi connectivity index (χ1v) is 5.95. The van der Waals surface area contributed by atoms with Gasteiger partial charge in [-0.2, -0.15) is 0 Å². The fourth-order valence-electron chi connectivity index (χ4n) is 1.93. The lowest BCUT2D eigenvalue weighted by Gasteiger charge is -2.20. The normalized spacial score (nSPS) is 23.2. The largest absolute Gasteiger partial charge is 0.298 e. The van der Waals surface area contributed by atoms with E-state index in [0.29, 0.717) is 5.57 Å². The first-order chi connectivity index (χ1) is 8.22. The van der Waals surface area contributed by atoms with Crippen LogP contribution < -0.4 is 4.11 Å². The van der Waals surface area contributed by atoms with Crippen LogP contribution in [0.25, 0.3) is 0 Å². The van der Waals surface area contributed by atoms with E-state index in [2.05, 4.69) is 12.0 Å². The average Bonchev–Trinajstić information content (AvgIpc) is 2.70. The molecule has 1 aliphatic rings. The Hall–Kier alpha value is -1.45. The molecule has 3 nitrogen and oxygen atoms in total. The van der Waals surface area contributed by atoms with Crippen molar-refractivity contribution in [1.29, 1.82) is 0 Å². The van der Waals surface area contributed by atoms with Crippen molar-refractivity contribution in [1.82, 2.24) is 4.11 Å². The van der Waals surface area contributed by atoms with Crippen molar-refractivity contribution in [2.45, 2.75) is 19.8 Å². The van der Waals surface area contributed by atoms with Crippen LogP contribution in [0, 0.1) is 0 Å². The van der Waals surface area contributed by atoms with Gasteiger partial charge in [0.15, 0.2) is 17.7 Å². The molecule has 1 aliphatic heterocycles. The summed E-state index contributed by atoms with van der Waals surface area (Å²) in [6.07, 6.45) is 4.06. The highest BCUT2D eigenvalue weighted by Crippen LogP contribution is 2.38. The molecule has 2 rings (SSSR count). The zero-order valence-electron chi connectivity index (χ0n) is 9.64. The van der Waals surface area contributed by atoms with Crippen LogP contribution in [0.1, 0.15) is 19.8 Å². The van der Waals surface area contributed by atoms with Crippen LogP contribution in [0.2, 0.25) is 0 Å². The smallest absolute Gasteiger partial charge is 0.209 e. The highest BCUT2D eigenvalue weighted by molar-refractivity contribution is 6.25. The maximum absolute atomic E-state index is 11.0. The molecule has 0 aromatic heterocycles. The molecule has 0 amide bonds. The maximum Gasteiger partial charge on any atom is 0.209 e. The zero-order chi connectivity index (χ0) is 12.3. The van der Waals surface area contributed by atoms with Gasteiger partial charge in [-0.15, -0.1) is 0 Å². The number of nitrogens with zero attached hydrogens (tertiary/aromatic N) is 2. The number of hydrogen-bond acceptors (Lipinski definition) is 2. The maximum atomic E-state index is 11.0. The van der Waals surface area contributed by atoms with E-state index in [4.69, 9.17) is 11.8 Å². The van der Waals surface area contributed by atoms with Gasteiger partial charge in [0.1, 0.15) is 6.21 Å². The molecule has 88 valence electrons. The Morgan fingerprint density at radius 1 is 1.35 bits per heavy atom. The lowest BCUT2D eigenvalue weighted by atomic mass is 10.1. The molecule has 0 radical (unpaired) electrons. The molecular weight excluding hydrogens is 236 g/mol. The van der Waals surface area contributed by atoms with Gasteiger partial charge < -0.3 is 0 Å². The molecule has 0 bridgehead atoms. The number of halogens is 1. The molecule has 17 heavy (non-hydrogen) atoms. The lowest BCUT2D eigenvalue weighted by molar-refractivity contribution is -0.104. The number of rotatable bonds is 4. The number of benzene rings is 1. The number of hydrogen-bond donors (Lipinski definition) is 0. The Labute approximate surface area is 106 Å². The summed E-state index contributed by atoms with van der Waals surface area (Å²) in [5.41, 5.74) is 2.28. The molecular formula is C13H14ClN2O+. The van der Waals surface area contributed by atoms with Gasteiger partial charge >= 0.3 is 0 Å². The van der Waals surface area contributed by atoms with Crippen LogP contribution >= 0.6 is 11.8 Å². The molecule has 1 aromatic rings. The minimum atomic E-state index is -0.150. The van der Waals surface area contributed by atoms with Gasteiger partial charge in [-0.1, -0.05) is 30.2 Å². The highest BCUT2D eigenvalue weighted by atomic mass is 35.5. The second kappa shape index (κ2) is 4.82. The second-order valence-electron chi connectivity index (χ2n) is 3.91. The first-order valence-electron chi connectivity index (χ1n) is 5.61. The van der Waals surface area contributed by atoms with Gasteiger partial charge in [-0.05, 0) is 10.5 Å². The van der Waals surface area contributed by atoms with Crippen LogP contribution in [-0.2, 0) is 4.79 Å². The van der Waals surface area contributed by atoms with E-state index in [0.717, 1.165) is 30.5 Å². The molecule has 0 aliphatic carbocycles. The summed E-state index contributed by atoms with van der Waals surface area (Å²) < 4.78 is -0.150. The summed E-state index contributed by atoms with van der Waals surface area (Å²) in [7, 11) is 0. The molecule has 1 heterocycles. The van der Waals surface area contributed by atoms with E-state index in [1.54, 1.807) is 6.21 Å². The van der Waals surface area contributed by atoms with Crippen LogP contribution in [-0.4, -0.2) is 12.5 Å². The first kappa shape index (κ1) is 12.0. The highest BCUT2D eigenvalue weighted by Gasteiger charge is 2.40. The Kier molecular flexibility index (Phi) is 3.41. The van der Waals surface area contributed by atoms with Crippen LogP contribution in [0.3, 0.4) is 0 Å². The van der Waals surface area contributed by atoms with E-state index in [-0.39, 0.29) is 4.11 Å². The predicted molar refractivity (Wildman–Crippen MR) is 70.6 cm³/mol. The van der Waals surface area contributed by atoms with E-state index >= 15 is 0 Å². The summed E-state index contributed by atoms with van der Waals surface area (Å²) in [4.78, 5) is 11.0. The molecule has 1 unspecified atom stereocenters. The number of allylic oxidation sites excluding steroid dienone is 2. The summed E-state index contributed by atoms with van der Waals surface area (Å²) >= 11 is 6.54. The van der Waals surface area contributed by atoms with Crippen molar-refractivity contribution in [2.75, 3.05) is 0 Å². The fraction of sp³-hybridized carbons (Fsp3) is 0.231. The minimum Gasteiger partial charge on any atom is -0.298 e. The lowest BCUT2D eigenvalue weighted by Crippen LogP contribution is -2.29.